The third-order valence-electron chi connectivity index (χ3n) is 13.4. The first kappa shape index (κ1) is 37.2. The summed E-state index contributed by atoms with van der Waals surface area (Å²) in [6, 6.07) is 70.2. The summed E-state index contributed by atoms with van der Waals surface area (Å²) in [7, 11) is 0. The Balaban J connectivity index is 0.942. The van der Waals surface area contributed by atoms with Crippen molar-refractivity contribution in [3.8, 4) is 78.7 Å². The van der Waals surface area contributed by atoms with Gasteiger partial charge in [0, 0.05) is 43.7 Å². The predicted molar refractivity (Wildman–Crippen MR) is 265 cm³/mol. The topological polar surface area (TPSA) is 65.0 Å². The van der Waals surface area contributed by atoms with E-state index in [2.05, 4.69) is 166 Å². The number of fused-ring (bicyclic) bond motifs is 9. The van der Waals surface area contributed by atoms with Crippen molar-refractivity contribution in [1.29, 1.82) is 0 Å². The van der Waals surface area contributed by atoms with E-state index >= 15 is 0 Å². The number of nitrogens with zero attached hydrogens (tertiary/aromatic N) is 3. The number of para-hydroxylation sites is 1. The molecule has 3 aromatic heterocycles. The van der Waals surface area contributed by atoms with Crippen LogP contribution in [0.4, 0.5) is 0 Å². The quantitative estimate of drug-likeness (QED) is 0.167. The number of aromatic nitrogens is 3. The average Bonchev–Trinajstić information content (AvgIpc) is 4.01. The normalized spacial score (nSPS) is 12.9. The maximum absolute atomic E-state index is 6.56. The summed E-state index contributed by atoms with van der Waals surface area (Å²) in [5, 5.41) is 3.93. The molecule has 12 aromatic rings. The van der Waals surface area contributed by atoms with Crippen LogP contribution in [0.5, 0.6) is 0 Å². The molecule has 5 nitrogen and oxygen atoms in total. The second-order valence-corrected chi connectivity index (χ2v) is 17.5. The fourth-order valence-corrected chi connectivity index (χ4v) is 10.1. The molecule has 0 unspecified atom stereocenters. The van der Waals surface area contributed by atoms with E-state index in [0.29, 0.717) is 17.5 Å². The van der Waals surface area contributed by atoms with Crippen LogP contribution in [-0.4, -0.2) is 15.0 Å². The van der Waals surface area contributed by atoms with Crippen molar-refractivity contribution in [3.05, 3.63) is 211 Å². The molecular weight excluding hydrogens is 795 g/mol. The van der Waals surface area contributed by atoms with Crippen molar-refractivity contribution in [2.75, 3.05) is 0 Å². The van der Waals surface area contributed by atoms with Gasteiger partial charge in [0.15, 0.2) is 17.5 Å². The lowest BCUT2D eigenvalue weighted by atomic mass is 9.82. The van der Waals surface area contributed by atoms with Gasteiger partial charge in [-0.1, -0.05) is 172 Å². The lowest BCUT2D eigenvalue weighted by Crippen LogP contribution is -2.14. The van der Waals surface area contributed by atoms with Gasteiger partial charge in [-0.25, -0.2) is 15.0 Å². The number of furan rings is 2. The average molecular weight is 834 g/mol. The molecule has 0 aliphatic heterocycles. The molecule has 0 amide bonds. The molecule has 0 bridgehead atoms. The van der Waals surface area contributed by atoms with E-state index in [0.717, 1.165) is 82.8 Å². The zero-order valence-corrected chi connectivity index (χ0v) is 35.7. The van der Waals surface area contributed by atoms with Gasteiger partial charge >= 0.3 is 0 Å². The van der Waals surface area contributed by atoms with Gasteiger partial charge in [-0.3, -0.25) is 0 Å². The monoisotopic (exact) mass is 833 g/mol. The maximum Gasteiger partial charge on any atom is 0.164 e. The minimum Gasteiger partial charge on any atom is -0.456 e. The molecule has 0 atom stereocenters. The predicted octanol–water partition coefficient (Wildman–Crippen LogP) is 16.0. The van der Waals surface area contributed by atoms with Crippen LogP contribution in [0.15, 0.2) is 209 Å². The van der Waals surface area contributed by atoms with E-state index in [1.807, 2.05) is 48.5 Å². The van der Waals surface area contributed by atoms with Crippen molar-refractivity contribution in [2.45, 2.75) is 19.3 Å². The van der Waals surface area contributed by atoms with Crippen molar-refractivity contribution >= 4 is 43.9 Å². The van der Waals surface area contributed by atoms with Crippen LogP contribution in [0.1, 0.15) is 25.0 Å². The molecule has 3 heterocycles. The van der Waals surface area contributed by atoms with Gasteiger partial charge in [-0.05, 0) is 98.1 Å². The molecule has 0 saturated carbocycles. The van der Waals surface area contributed by atoms with Crippen molar-refractivity contribution in [3.63, 3.8) is 0 Å². The lowest BCUT2D eigenvalue weighted by molar-refractivity contribution is 0.660. The molecular formula is C60H39N3O2. The molecule has 0 N–H and O–H groups in total. The fraction of sp³-hybridized carbons (Fsp3) is 0.0500. The Morgan fingerprint density at radius 2 is 0.785 bits per heavy atom. The van der Waals surface area contributed by atoms with Crippen LogP contribution in [0.25, 0.3) is 123 Å². The molecule has 0 radical (unpaired) electrons. The molecule has 0 fully saturated rings. The summed E-state index contributed by atoms with van der Waals surface area (Å²) in [6.45, 7) is 4.65. The highest BCUT2D eigenvalue weighted by molar-refractivity contribution is 6.14. The molecule has 9 aromatic carbocycles. The molecule has 1 aliphatic rings. The Kier molecular flexibility index (Phi) is 8.18. The summed E-state index contributed by atoms with van der Waals surface area (Å²) in [5.41, 5.74) is 18.0. The first-order chi connectivity index (χ1) is 31.9. The second kappa shape index (κ2) is 14.3. The first-order valence-corrected chi connectivity index (χ1v) is 22.1. The Bertz CT molecular complexity index is 3860. The first-order valence-electron chi connectivity index (χ1n) is 22.1. The Morgan fingerprint density at radius 3 is 1.54 bits per heavy atom. The molecule has 1 aliphatic carbocycles. The van der Waals surface area contributed by atoms with E-state index in [-0.39, 0.29) is 5.41 Å². The molecule has 0 spiro atoms. The second-order valence-electron chi connectivity index (χ2n) is 17.5. The van der Waals surface area contributed by atoms with Gasteiger partial charge < -0.3 is 8.83 Å². The summed E-state index contributed by atoms with van der Waals surface area (Å²) in [4.78, 5) is 15.8. The van der Waals surface area contributed by atoms with E-state index < -0.39 is 0 Å². The molecule has 5 heteroatoms. The van der Waals surface area contributed by atoms with Crippen LogP contribution in [0.3, 0.4) is 0 Å². The van der Waals surface area contributed by atoms with Crippen molar-refractivity contribution in [2.24, 2.45) is 0 Å². The number of hydrogen-bond donors (Lipinski definition) is 0. The SMILES string of the molecule is CC1(C)c2ccccc2-c2cc(-c3ccc(-c4ccc5oc6cccc(-c7nc(-c8cccc(-c9ccccc9)c8)nc(-c8cccc9oc%10ccccc%10c89)n7)c6c5c4)cc3)ccc21. The highest BCUT2D eigenvalue weighted by Crippen LogP contribution is 2.50. The highest BCUT2D eigenvalue weighted by Gasteiger charge is 2.35. The zero-order valence-electron chi connectivity index (χ0n) is 35.7. The molecule has 65 heavy (non-hydrogen) atoms. The van der Waals surface area contributed by atoms with Gasteiger partial charge in [-0.15, -0.1) is 0 Å². The van der Waals surface area contributed by atoms with Crippen molar-refractivity contribution in [1.82, 2.24) is 15.0 Å². The smallest absolute Gasteiger partial charge is 0.164 e. The van der Waals surface area contributed by atoms with Crippen LogP contribution < -0.4 is 0 Å². The van der Waals surface area contributed by atoms with Gasteiger partial charge in [0.1, 0.15) is 22.3 Å². The summed E-state index contributed by atoms with van der Waals surface area (Å²) >= 11 is 0. The summed E-state index contributed by atoms with van der Waals surface area (Å²) in [5.74, 6) is 1.70. The number of hydrogen-bond acceptors (Lipinski definition) is 5. The van der Waals surface area contributed by atoms with E-state index in [9.17, 15) is 0 Å². The van der Waals surface area contributed by atoms with Crippen LogP contribution >= 0.6 is 0 Å². The standard InChI is InChI=1S/C60H39N3O2/c1-60(2)49-21-8-6-17-43(49)47-34-40(29-31-50(47)60)37-25-27-38(28-26-37)41-30-32-52-48(35-41)56-46(20-12-24-54(56)65-52)59-62-57(42-16-10-15-39(33-42)36-13-4-3-5-14-36)61-58(63-59)45-19-11-23-53-55(45)44-18-7-9-22-51(44)64-53/h3-35H,1-2H3. The molecule has 13 rings (SSSR count). The van der Waals surface area contributed by atoms with E-state index in [1.165, 1.54) is 33.4 Å². The van der Waals surface area contributed by atoms with Gasteiger partial charge in [0.25, 0.3) is 0 Å². The number of benzene rings is 9. The number of rotatable bonds is 6. The minimum atomic E-state index is -0.0169. The largest absolute Gasteiger partial charge is 0.456 e. The summed E-state index contributed by atoms with van der Waals surface area (Å²) in [6.07, 6.45) is 0. The molecule has 0 saturated heterocycles. The van der Waals surface area contributed by atoms with Crippen molar-refractivity contribution < 1.29 is 8.83 Å². The Labute approximate surface area is 375 Å². The van der Waals surface area contributed by atoms with Crippen LogP contribution in [0.2, 0.25) is 0 Å². The van der Waals surface area contributed by atoms with Crippen LogP contribution in [0, 0.1) is 0 Å². The van der Waals surface area contributed by atoms with E-state index in [4.69, 9.17) is 23.8 Å². The maximum atomic E-state index is 6.56. The highest BCUT2D eigenvalue weighted by atomic mass is 16.3. The molecule has 306 valence electrons. The minimum absolute atomic E-state index is 0.0169. The Morgan fingerprint density at radius 1 is 0.308 bits per heavy atom. The summed E-state index contributed by atoms with van der Waals surface area (Å²) < 4.78 is 12.9. The van der Waals surface area contributed by atoms with Crippen LogP contribution in [-0.2, 0) is 5.41 Å². The fourth-order valence-electron chi connectivity index (χ4n) is 10.1. The van der Waals surface area contributed by atoms with E-state index in [1.54, 1.807) is 0 Å². The lowest BCUT2D eigenvalue weighted by Gasteiger charge is -2.21. The van der Waals surface area contributed by atoms with Gasteiger partial charge in [0.2, 0.25) is 0 Å². The zero-order chi connectivity index (χ0) is 43.2. The third kappa shape index (κ3) is 5.97. The third-order valence-corrected chi connectivity index (χ3v) is 13.4. The Hall–Kier alpha value is -8.41. The van der Waals surface area contributed by atoms with Gasteiger partial charge in [-0.2, -0.15) is 0 Å². The van der Waals surface area contributed by atoms with Gasteiger partial charge in [0.05, 0.1) is 0 Å².